The number of ether oxygens (including phenoxy) is 1. The van der Waals surface area contributed by atoms with Gasteiger partial charge < -0.3 is 9.84 Å². The van der Waals surface area contributed by atoms with E-state index in [1.165, 1.54) is 11.1 Å². The van der Waals surface area contributed by atoms with Crippen LogP contribution in [0.3, 0.4) is 0 Å². The van der Waals surface area contributed by atoms with E-state index < -0.39 is 6.10 Å². The summed E-state index contributed by atoms with van der Waals surface area (Å²) in [5, 5.41) is 10.9. The molecule has 0 aliphatic carbocycles. The molecule has 0 spiro atoms. The molecule has 1 aliphatic heterocycles. The van der Waals surface area contributed by atoms with Crippen molar-refractivity contribution >= 4 is 11.6 Å². The maximum atomic E-state index is 10.3. The molecule has 0 fully saturated rings. The summed E-state index contributed by atoms with van der Waals surface area (Å²) in [6.07, 6.45) is -0.0977. The predicted octanol–water partition coefficient (Wildman–Crippen LogP) is 4.51. The zero-order valence-electron chi connectivity index (χ0n) is 11.6. The topological polar surface area (TPSA) is 29.5 Å². The van der Waals surface area contributed by atoms with Crippen LogP contribution in [0.2, 0.25) is 5.02 Å². The van der Waals surface area contributed by atoms with Crippen molar-refractivity contribution in [2.75, 3.05) is 0 Å². The minimum absolute atomic E-state index is 0.112. The predicted molar refractivity (Wildman–Crippen MR) is 80.3 cm³/mol. The lowest BCUT2D eigenvalue weighted by molar-refractivity contribution is 0.0655. The number of aliphatic hydroxyl groups excluding tert-OH is 1. The Bertz CT molecular complexity index is 651. The zero-order chi connectivity index (χ0) is 14.3. The van der Waals surface area contributed by atoms with Gasteiger partial charge in [0, 0.05) is 17.0 Å². The third kappa shape index (κ3) is 2.41. The first-order chi connectivity index (χ1) is 9.54. The van der Waals surface area contributed by atoms with Crippen molar-refractivity contribution in [1.82, 2.24) is 0 Å². The Morgan fingerprint density at radius 1 is 1.10 bits per heavy atom. The lowest BCUT2D eigenvalue weighted by atomic mass is 9.92. The summed E-state index contributed by atoms with van der Waals surface area (Å²) in [7, 11) is 0. The number of hydrogen-bond acceptors (Lipinski definition) is 2. The van der Waals surface area contributed by atoms with Crippen molar-refractivity contribution in [3.05, 3.63) is 63.7 Å². The molecule has 104 valence electrons. The number of benzene rings is 2. The monoisotopic (exact) mass is 288 g/mol. The Balaban J connectivity index is 1.97. The minimum atomic E-state index is -0.539. The number of rotatable bonds is 1. The van der Waals surface area contributed by atoms with Gasteiger partial charge in [0.25, 0.3) is 0 Å². The van der Waals surface area contributed by atoms with E-state index in [4.69, 9.17) is 16.3 Å². The molecule has 1 N–H and O–H groups in total. The van der Waals surface area contributed by atoms with Crippen LogP contribution >= 0.6 is 11.6 Å². The Morgan fingerprint density at radius 2 is 1.90 bits per heavy atom. The molecule has 1 unspecified atom stereocenters. The molecule has 3 heteroatoms. The zero-order valence-corrected chi connectivity index (χ0v) is 12.3. The molecule has 1 aliphatic rings. The SMILES string of the molecule is Cc1ccc(C2C[C@H](O)c3cc(Cl)ccc3O2)c(C)c1. The van der Waals surface area contributed by atoms with Gasteiger partial charge in [-0.1, -0.05) is 35.4 Å². The molecule has 0 bridgehead atoms. The largest absolute Gasteiger partial charge is 0.485 e. The molecule has 2 nitrogen and oxygen atoms in total. The van der Waals surface area contributed by atoms with Gasteiger partial charge in [-0.2, -0.15) is 0 Å². The summed E-state index contributed by atoms with van der Waals surface area (Å²) in [5.41, 5.74) is 4.34. The van der Waals surface area contributed by atoms with Crippen molar-refractivity contribution in [1.29, 1.82) is 0 Å². The maximum Gasteiger partial charge on any atom is 0.127 e. The van der Waals surface area contributed by atoms with Crippen LogP contribution in [0, 0.1) is 13.8 Å². The molecule has 2 atom stereocenters. The summed E-state index contributed by atoms with van der Waals surface area (Å²) in [4.78, 5) is 0. The van der Waals surface area contributed by atoms with Crippen LogP contribution < -0.4 is 4.74 Å². The quantitative estimate of drug-likeness (QED) is 0.836. The summed E-state index contributed by atoms with van der Waals surface area (Å²) in [5.74, 6) is 0.720. The van der Waals surface area contributed by atoms with Crippen LogP contribution in [-0.2, 0) is 0 Å². The van der Waals surface area contributed by atoms with Crippen molar-refractivity contribution in [3.8, 4) is 5.75 Å². The van der Waals surface area contributed by atoms with E-state index in [0.29, 0.717) is 11.4 Å². The summed E-state index contributed by atoms with van der Waals surface area (Å²) in [6, 6.07) is 11.7. The van der Waals surface area contributed by atoms with Gasteiger partial charge >= 0.3 is 0 Å². The molecule has 0 amide bonds. The molecular formula is C17H17ClO2. The highest BCUT2D eigenvalue weighted by atomic mass is 35.5. The molecule has 1 heterocycles. The smallest absolute Gasteiger partial charge is 0.127 e. The summed E-state index contributed by atoms with van der Waals surface area (Å²) < 4.78 is 6.05. The van der Waals surface area contributed by atoms with Gasteiger partial charge in [0.2, 0.25) is 0 Å². The average molecular weight is 289 g/mol. The molecule has 20 heavy (non-hydrogen) atoms. The first-order valence-electron chi connectivity index (χ1n) is 6.76. The van der Waals surface area contributed by atoms with Gasteiger partial charge in [0.05, 0.1) is 6.10 Å². The van der Waals surface area contributed by atoms with Crippen molar-refractivity contribution < 1.29 is 9.84 Å². The van der Waals surface area contributed by atoms with E-state index in [1.807, 2.05) is 6.07 Å². The fourth-order valence-corrected chi connectivity index (χ4v) is 2.98. The number of aryl methyl sites for hydroxylation is 2. The maximum absolute atomic E-state index is 10.3. The van der Waals surface area contributed by atoms with E-state index in [9.17, 15) is 5.11 Å². The van der Waals surface area contributed by atoms with E-state index in [2.05, 4.69) is 32.0 Å². The molecule has 2 aromatic carbocycles. The minimum Gasteiger partial charge on any atom is -0.485 e. The second-order valence-electron chi connectivity index (χ2n) is 5.40. The van der Waals surface area contributed by atoms with Crippen LogP contribution in [0.1, 0.15) is 40.9 Å². The van der Waals surface area contributed by atoms with Crippen LogP contribution in [-0.4, -0.2) is 5.11 Å². The van der Waals surface area contributed by atoms with Gasteiger partial charge in [-0.25, -0.2) is 0 Å². The number of aliphatic hydroxyl groups is 1. The van der Waals surface area contributed by atoms with Crippen LogP contribution in [0.25, 0.3) is 0 Å². The molecular weight excluding hydrogens is 272 g/mol. The molecule has 0 radical (unpaired) electrons. The van der Waals surface area contributed by atoms with E-state index in [-0.39, 0.29) is 6.10 Å². The highest BCUT2D eigenvalue weighted by Crippen LogP contribution is 2.42. The number of fused-ring (bicyclic) bond motifs is 1. The van der Waals surface area contributed by atoms with E-state index in [0.717, 1.165) is 16.9 Å². The lowest BCUT2D eigenvalue weighted by Crippen LogP contribution is -2.19. The third-order valence-corrected chi connectivity index (χ3v) is 4.04. The Hall–Kier alpha value is -1.51. The average Bonchev–Trinajstić information content (AvgIpc) is 2.39. The third-order valence-electron chi connectivity index (χ3n) is 3.81. The molecule has 0 aromatic heterocycles. The molecule has 2 aromatic rings. The number of hydrogen-bond donors (Lipinski definition) is 1. The van der Waals surface area contributed by atoms with Crippen molar-refractivity contribution in [3.63, 3.8) is 0 Å². The second kappa shape index (κ2) is 5.12. The van der Waals surface area contributed by atoms with Crippen molar-refractivity contribution in [2.24, 2.45) is 0 Å². The van der Waals surface area contributed by atoms with Gasteiger partial charge in [0.15, 0.2) is 0 Å². The Labute approximate surface area is 124 Å². The summed E-state index contributed by atoms with van der Waals surface area (Å²) >= 11 is 5.97. The Kier molecular flexibility index (Phi) is 3.45. The van der Waals surface area contributed by atoms with Crippen LogP contribution in [0.5, 0.6) is 5.75 Å². The fourth-order valence-electron chi connectivity index (χ4n) is 2.80. The first kappa shape index (κ1) is 13.5. The highest BCUT2D eigenvalue weighted by Gasteiger charge is 2.28. The molecule has 3 rings (SSSR count). The van der Waals surface area contributed by atoms with Crippen LogP contribution in [0.4, 0.5) is 0 Å². The van der Waals surface area contributed by atoms with Gasteiger partial charge in [0.1, 0.15) is 11.9 Å². The van der Waals surface area contributed by atoms with Gasteiger partial charge in [-0.3, -0.25) is 0 Å². The van der Waals surface area contributed by atoms with Crippen molar-refractivity contribution in [2.45, 2.75) is 32.5 Å². The van der Waals surface area contributed by atoms with E-state index >= 15 is 0 Å². The fraction of sp³-hybridized carbons (Fsp3) is 0.294. The van der Waals surface area contributed by atoms with Gasteiger partial charge in [-0.05, 0) is 43.2 Å². The van der Waals surface area contributed by atoms with E-state index in [1.54, 1.807) is 12.1 Å². The Morgan fingerprint density at radius 3 is 2.65 bits per heavy atom. The van der Waals surface area contributed by atoms with Gasteiger partial charge in [-0.15, -0.1) is 0 Å². The first-order valence-corrected chi connectivity index (χ1v) is 7.13. The number of halogens is 1. The summed E-state index contributed by atoms with van der Waals surface area (Å²) in [6.45, 7) is 4.15. The molecule has 0 saturated heterocycles. The lowest BCUT2D eigenvalue weighted by Gasteiger charge is -2.31. The standard InChI is InChI=1S/C17H17ClO2/c1-10-3-5-13(11(2)7-10)17-9-15(19)14-8-12(18)4-6-16(14)20-17/h3-8,15,17,19H,9H2,1-2H3/t15-,17?/m0/s1. The molecule has 0 saturated carbocycles. The normalized spacial score (nSPS) is 21.2. The van der Waals surface area contributed by atoms with Crippen LogP contribution in [0.15, 0.2) is 36.4 Å². The second-order valence-corrected chi connectivity index (χ2v) is 5.84. The highest BCUT2D eigenvalue weighted by molar-refractivity contribution is 6.30.